The lowest BCUT2D eigenvalue weighted by Crippen LogP contribution is -2.19. The summed E-state index contributed by atoms with van der Waals surface area (Å²) in [5.74, 6) is -1.48. The first-order chi connectivity index (χ1) is 14.6. The quantitative estimate of drug-likeness (QED) is 0.482. The van der Waals surface area contributed by atoms with Gasteiger partial charge in [-0.2, -0.15) is 13.2 Å². The third-order valence-corrected chi connectivity index (χ3v) is 4.25. The molecule has 3 N–H and O–H groups in total. The summed E-state index contributed by atoms with van der Waals surface area (Å²) in [4.78, 5) is 35.6. The molecule has 0 fully saturated rings. The first-order valence-corrected chi connectivity index (χ1v) is 8.87. The summed E-state index contributed by atoms with van der Waals surface area (Å²) >= 11 is 0. The molecule has 0 heterocycles. The van der Waals surface area contributed by atoms with Crippen molar-refractivity contribution in [2.75, 3.05) is 10.6 Å². The molecule has 0 radical (unpaired) electrons. The van der Waals surface area contributed by atoms with E-state index in [2.05, 4.69) is 10.6 Å². The Morgan fingerprint density at radius 1 is 0.710 bits per heavy atom. The summed E-state index contributed by atoms with van der Waals surface area (Å²) < 4.78 is 37.8. The van der Waals surface area contributed by atoms with Gasteiger partial charge in [-0.3, -0.25) is 4.79 Å². The van der Waals surface area contributed by atoms with Crippen molar-refractivity contribution in [3.8, 4) is 0 Å². The van der Waals surface area contributed by atoms with Gasteiger partial charge in [0.1, 0.15) is 0 Å². The molecule has 0 bridgehead atoms. The number of hydrogen-bond donors (Lipinski definition) is 3. The highest BCUT2D eigenvalue weighted by Gasteiger charge is 2.30. The van der Waals surface area contributed by atoms with Crippen molar-refractivity contribution in [3.05, 3.63) is 95.1 Å². The van der Waals surface area contributed by atoms with Gasteiger partial charge in [-0.1, -0.05) is 24.3 Å². The minimum Gasteiger partial charge on any atom is -0.478 e. The molecule has 0 atom stereocenters. The molecule has 0 unspecified atom stereocenters. The van der Waals surface area contributed by atoms with E-state index in [-0.39, 0.29) is 33.8 Å². The molecule has 0 aromatic heterocycles. The molecule has 0 aliphatic rings. The van der Waals surface area contributed by atoms with E-state index in [1.54, 1.807) is 6.07 Å². The van der Waals surface area contributed by atoms with E-state index >= 15 is 0 Å². The fraction of sp³-hybridized carbons (Fsp3) is 0.0455. The number of carbonyl (C=O) groups is 3. The lowest BCUT2D eigenvalue weighted by atomic mass is 10.0. The predicted octanol–water partition coefficient (Wildman–Crippen LogP) is 5.28. The van der Waals surface area contributed by atoms with Crippen molar-refractivity contribution < 1.29 is 32.7 Å². The number of ketones is 1. The van der Waals surface area contributed by atoms with Gasteiger partial charge in [0.25, 0.3) is 0 Å². The molecule has 0 aliphatic heterocycles. The van der Waals surface area contributed by atoms with E-state index in [0.717, 1.165) is 24.3 Å². The van der Waals surface area contributed by atoms with Gasteiger partial charge in [0.05, 0.1) is 11.1 Å². The molecule has 158 valence electrons. The Bertz CT molecular complexity index is 1120. The fourth-order valence-corrected chi connectivity index (χ4v) is 2.71. The minimum atomic E-state index is -4.47. The molecule has 0 aliphatic carbocycles. The van der Waals surface area contributed by atoms with Gasteiger partial charge in [0.2, 0.25) is 0 Å². The van der Waals surface area contributed by atoms with E-state index < -0.39 is 23.7 Å². The maximum atomic E-state index is 12.6. The molecule has 0 spiro atoms. The van der Waals surface area contributed by atoms with Gasteiger partial charge < -0.3 is 15.7 Å². The standard InChI is InChI=1S/C22H15F3N2O4/c23-22(24,25)16-8-10-17(11-9-16)26-21(31)27-18-3-1-2-15(12-18)19(28)13-4-6-14(7-5-13)20(29)30/h1-12H,(H,29,30)(H2,26,27,31). The van der Waals surface area contributed by atoms with E-state index in [1.807, 2.05) is 0 Å². The Hall–Kier alpha value is -4.14. The van der Waals surface area contributed by atoms with Gasteiger partial charge in [0, 0.05) is 22.5 Å². The van der Waals surface area contributed by atoms with Crippen LogP contribution in [0.3, 0.4) is 0 Å². The van der Waals surface area contributed by atoms with Gasteiger partial charge >= 0.3 is 18.2 Å². The van der Waals surface area contributed by atoms with Crippen LogP contribution in [0.15, 0.2) is 72.8 Å². The fourth-order valence-electron chi connectivity index (χ4n) is 2.71. The predicted molar refractivity (Wildman–Crippen MR) is 107 cm³/mol. The molecule has 0 saturated carbocycles. The van der Waals surface area contributed by atoms with Crippen LogP contribution in [-0.4, -0.2) is 22.9 Å². The van der Waals surface area contributed by atoms with Crippen LogP contribution in [0.25, 0.3) is 0 Å². The van der Waals surface area contributed by atoms with E-state index in [4.69, 9.17) is 5.11 Å². The zero-order chi connectivity index (χ0) is 22.6. The molecule has 3 aromatic rings. The molecular weight excluding hydrogens is 413 g/mol. The smallest absolute Gasteiger partial charge is 0.416 e. The number of urea groups is 1. The maximum Gasteiger partial charge on any atom is 0.416 e. The number of anilines is 2. The van der Waals surface area contributed by atoms with Crippen LogP contribution in [0.2, 0.25) is 0 Å². The van der Waals surface area contributed by atoms with Crippen LogP contribution in [0.5, 0.6) is 0 Å². The maximum absolute atomic E-state index is 12.6. The van der Waals surface area contributed by atoms with Crippen LogP contribution in [0.1, 0.15) is 31.8 Å². The third-order valence-electron chi connectivity index (χ3n) is 4.25. The van der Waals surface area contributed by atoms with E-state index in [1.165, 1.54) is 42.5 Å². The Balaban J connectivity index is 1.67. The third kappa shape index (κ3) is 5.47. The normalized spacial score (nSPS) is 10.9. The Labute approximate surface area is 174 Å². The van der Waals surface area contributed by atoms with Crippen LogP contribution in [-0.2, 0) is 6.18 Å². The first kappa shape index (κ1) is 21.6. The lowest BCUT2D eigenvalue weighted by molar-refractivity contribution is -0.137. The summed E-state index contributed by atoms with van der Waals surface area (Å²) in [5.41, 5.74) is 0.202. The number of carboxylic acids is 1. The number of aromatic carboxylic acids is 1. The largest absolute Gasteiger partial charge is 0.478 e. The summed E-state index contributed by atoms with van der Waals surface area (Å²) in [7, 11) is 0. The van der Waals surface area contributed by atoms with E-state index in [9.17, 15) is 27.6 Å². The molecule has 2 amide bonds. The van der Waals surface area contributed by atoms with Crippen LogP contribution < -0.4 is 10.6 Å². The zero-order valence-corrected chi connectivity index (χ0v) is 15.7. The molecule has 6 nitrogen and oxygen atoms in total. The van der Waals surface area contributed by atoms with Crippen molar-refractivity contribution in [1.29, 1.82) is 0 Å². The number of halogens is 3. The number of hydrogen-bond acceptors (Lipinski definition) is 3. The monoisotopic (exact) mass is 428 g/mol. The number of alkyl halides is 3. The number of rotatable bonds is 5. The van der Waals surface area contributed by atoms with Crippen LogP contribution in [0, 0.1) is 0 Å². The van der Waals surface area contributed by atoms with Gasteiger partial charge in [-0.25, -0.2) is 9.59 Å². The summed E-state index contributed by atoms with van der Waals surface area (Å²) in [6.07, 6.45) is -4.47. The Morgan fingerprint density at radius 3 is 1.87 bits per heavy atom. The Morgan fingerprint density at radius 2 is 1.29 bits per heavy atom. The average Bonchev–Trinajstić information content (AvgIpc) is 2.73. The van der Waals surface area contributed by atoms with E-state index in [0.29, 0.717) is 0 Å². The average molecular weight is 428 g/mol. The van der Waals surface area contributed by atoms with Crippen molar-refractivity contribution in [2.45, 2.75) is 6.18 Å². The first-order valence-electron chi connectivity index (χ1n) is 8.87. The highest BCUT2D eigenvalue weighted by Crippen LogP contribution is 2.29. The number of nitrogens with one attached hydrogen (secondary N) is 2. The molecule has 3 aromatic carbocycles. The topological polar surface area (TPSA) is 95.5 Å². The van der Waals surface area contributed by atoms with Crippen LogP contribution >= 0.6 is 0 Å². The van der Waals surface area contributed by atoms with Gasteiger partial charge in [0.15, 0.2) is 5.78 Å². The highest BCUT2D eigenvalue weighted by atomic mass is 19.4. The number of amides is 2. The van der Waals surface area contributed by atoms with Gasteiger partial charge in [-0.05, 0) is 48.5 Å². The summed E-state index contributed by atoms with van der Waals surface area (Å²) in [6.45, 7) is 0. The molecule has 31 heavy (non-hydrogen) atoms. The number of benzene rings is 3. The van der Waals surface area contributed by atoms with Crippen molar-refractivity contribution in [2.24, 2.45) is 0 Å². The molecular formula is C22H15F3N2O4. The summed E-state index contributed by atoms with van der Waals surface area (Å²) in [5, 5.41) is 13.8. The zero-order valence-electron chi connectivity index (χ0n) is 15.7. The van der Waals surface area contributed by atoms with Crippen LogP contribution in [0.4, 0.5) is 29.3 Å². The Kier molecular flexibility index (Phi) is 6.05. The SMILES string of the molecule is O=C(Nc1ccc(C(F)(F)F)cc1)Nc1cccc(C(=O)c2ccc(C(=O)O)cc2)c1. The summed E-state index contributed by atoms with van der Waals surface area (Å²) in [6, 6.07) is 14.7. The second-order valence-corrected chi connectivity index (χ2v) is 6.45. The number of carboxylic acid groups (broad SMARTS) is 1. The van der Waals surface area contributed by atoms with Crippen molar-refractivity contribution in [3.63, 3.8) is 0 Å². The van der Waals surface area contributed by atoms with Gasteiger partial charge in [-0.15, -0.1) is 0 Å². The highest BCUT2D eigenvalue weighted by molar-refractivity contribution is 6.10. The molecule has 9 heteroatoms. The molecule has 3 rings (SSSR count). The number of carbonyl (C=O) groups excluding carboxylic acids is 2. The van der Waals surface area contributed by atoms with Crippen molar-refractivity contribution >= 4 is 29.2 Å². The van der Waals surface area contributed by atoms with Crippen molar-refractivity contribution in [1.82, 2.24) is 0 Å². The second-order valence-electron chi connectivity index (χ2n) is 6.45. The second kappa shape index (κ2) is 8.70. The molecule has 0 saturated heterocycles. The minimum absolute atomic E-state index is 0.0481. The lowest BCUT2D eigenvalue weighted by Gasteiger charge is -2.10.